The smallest absolute Gasteiger partial charge is 0.250 e. The average molecular weight is 505 g/mol. The Bertz CT molecular complexity index is 1100. The number of rotatable bonds is 11. The summed E-state index contributed by atoms with van der Waals surface area (Å²) in [4.78, 5) is 12.2. The van der Waals surface area contributed by atoms with Crippen molar-refractivity contribution in [1.82, 2.24) is 15.6 Å². The number of ether oxygens (including phenoxy) is 3. The number of hydrogen-bond donors (Lipinski definition) is 1. The molecule has 3 aromatic rings. The van der Waals surface area contributed by atoms with Crippen LogP contribution in [-0.4, -0.2) is 49.4 Å². The minimum absolute atomic E-state index is 0.178. The van der Waals surface area contributed by atoms with Crippen molar-refractivity contribution in [2.75, 3.05) is 27.1 Å². The number of carbonyl (C=O) groups excluding carboxylic acids is 1. The summed E-state index contributed by atoms with van der Waals surface area (Å²) in [7, 11) is 4.60. The first-order valence-corrected chi connectivity index (χ1v) is 12.6. The van der Waals surface area contributed by atoms with E-state index in [-0.39, 0.29) is 11.7 Å². The van der Waals surface area contributed by atoms with Crippen molar-refractivity contribution in [1.29, 1.82) is 0 Å². The fraction of sp³-hybridized carbons (Fsp3) is 0.273. The van der Waals surface area contributed by atoms with Crippen LogP contribution >= 0.6 is 34.9 Å². The number of methoxy groups -OCH3 is 3. The van der Waals surface area contributed by atoms with Gasteiger partial charge in [0.1, 0.15) is 0 Å². The lowest BCUT2D eigenvalue weighted by molar-refractivity contribution is -0.118. The van der Waals surface area contributed by atoms with Gasteiger partial charge in [-0.3, -0.25) is 4.79 Å². The summed E-state index contributed by atoms with van der Waals surface area (Å²) >= 11 is 4.43. The molecule has 0 bridgehead atoms. The van der Waals surface area contributed by atoms with Crippen molar-refractivity contribution in [2.24, 2.45) is 5.10 Å². The van der Waals surface area contributed by atoms with E-state index in [1.54, 1.807) is 31.0 Å². The van der Waals surface area contributed by atoms with Gasteiger partial charge in [-0.25, -0.2) is 5.43 Å². The van der Waals surface area contributed by atoms with E-state index in [0.29, 0.717) is 22.8 Å². The second-order valence-electron chi connectivity index (χ2n) is 6.61. The van der Waals surface area contributed by atoms with Gasteiger partial charge < -0.3 is 14.2 Å². The first-order chi connectivity index (χ1) is 16.0. The first-order valence-electron chi connectivity index (χ1n) is 9.79. The molecular weight excluding hydrogens is 480 g/mol. The summed E-state index contributed by atoms with van der Waals surface area (Å²) in [5, 5.41) is 12.4. The van der Waals surface area contributed by atoms with Crippen LogP contribution in [0.1, 0.15) is 16.7 Å². The van der Waals surface area contributed by atoms with Gasteiger partial charge >= 0.3 is 0 Å². The van der Waals surface area contributed by atoms with Gasteiger partial charge in [0.25, 0.3) is 5.91 Å². The van der Waals surface area contributed by atoms with Crippen LogP contribution in [0.5, 0.6) is 17.2 Å². The zero-order valence-corrected chi connectivity index (χ0v) is 21.1. The summed E-state index contributed by atoms with van der Waals surface area (Å²) in [6.45, 7) is 2.07. The molecule has 3 rings (SSSR count). The van der Waals surface area contributed by atoms with Crippen LogP contribution in [0, 0.1) is 6.92 Å². The van der Waals surface area contributed by atoms with Gasteiger partial charge in [0, 0.05) is 11.3 Å². The predicted octanol–water partition coefficient (Wildman–Crippen LogP) is 4.41. The number of nitrogens with zero attached hydrogens (tertiary/aromatic N) is 3. The number of thioether (sulfide) groups is 2. The fourth-order valence-corrected chi connectivity index (χ4v) is 5.47. The maximum atomic E-state index is 12.2. The van der Waals surface area contributed by atoms with Gasteiger partial charge in [-0.2, -0.15) is 5.10 Å². The molecule has 1 N–H and O–H groups in total. The maximum absolute atomic E-state index is 12.2. The SMILES string of the molecule is COc1ccc(/C=N/NC(=O)CSc2nnc(SCc3ccc(C)cc3)s2)c(OC)c1OC. The molecule has 0 atom stereocenters. The number of hydrogen-bond acceptors (Lipinski definition) is 10. The Morgan fingerprint density at radius 1 is 1.00 bits per heavy atom. The molecule has 0 aliphatic carbocycles. The Hall–Kier alpha value is -2.76. The first kappa shape index (κ1) is 24.9. The molecule has 33 heavy (non-hydrogen) atoms. The number of amides is 1. The van der Waals surface area contributed by atoms with Crippen molar-refractivity contribution in [3.63, 3.8) is 0 Å². The lowest BCUT2D eigenvalue weighted by Gasteiger charge is -2.13. The Morgan fingerprint density at radius 3 is 2.36 bits per heavy atom. The van der Waals surface area contributed by atoms with Gasteiger partial charge in [-0.15, -0.1) is 10.2 Å². The van der Waals surface area contributed by atoms with Gasteiger partial charge in [-0.05, 0) is 24.6 Å². The highest BCUT2D eigenvalue weighted by Crippen LogP contribution is 2.39. The maximum Gasteiger partial charge on any atom is 0.250 e. The van der Waals surface area contributed by atoms with E-state index in [1.807, 2.05) is 0 Å². The van der Waals surface area contributed by atoms with Crippen LogP contribution in [0.15, 0.2) is 50.2 Å². The third kappa shape index (κ3) is 7.11. The predicted molar refractivity (Wildman–Crippen MR) is 133 cm³/mol. The molecule has 174 valence electrons. The molecule has 0 spiro atoms. The Kier molecular flexibility index (Phi) is 9.40. The van der Waals surface area contributed by atoms with Crippen molar-refractivity contribution < 1.29 is 19.0 Å². The number of nitrogens with one attached hydrogen (secondary N) is 1. The molecule has 1 aromatic heterocycles. The van der Waals surface area contributed by atoms with Gasteiger partial charge in [0.2, 0.25) is 5.75 Å². The van der Waals surface area contributed by atoms with E-state index in [1.165, 1.54) is 54.7 Å². The third-order valence-corrected chi connectivity index (χ3v) is 7.59. The molecular formula is C22H24N4O4S3. The molecule has 0 unspecified atom stereocenters. The molecule has 1 heterocycles. The second-order valence-corrected chi connectivity index (χ2v) is 10.0. The lowest BCUT2D eigenvalue weighted by Crippen LogP contribution is -2.19. The van der Waals surface area contributed by atoms with E-state index >= 15 is 0 Å². The highest BCUT2D eigenvalue weighted by atomic mass is 32.2. The minimum Gasteiger partial charge on any atom is -0.493 e. The molecule has 0 radical (unpaired) electrons. The van der Waals surface area contributed by atoms with Crippen LogP contribution in [0.2, 0.25) is 0 Å². The van der Waals surface area contributed by atoms with Crippen molar-refractivity contribution in [3.05, 3.63) is 53.1 Å². The third-order valence-electron chi connectivity index (χ3n) is 4.33. The van der Waals surface area contributed by atoms with Crippen LogP contribution in [-0.2, 0) is 10.5 Å². The summed E-state index contributed by atoms with van der Waals surface area (Å²) in [5.41, 5.74) is 5.63. The molecule has 0 saturated carbocycles. The van der Waals surface area contributed by atoms with E-state index in [2.05, 4.69) is 51.9 Å². The second kappa shape index (κ2) is 12.5. The molecule has 0 aliphatic rings. The summed E-state index contributed by atoms with van der Waals surface area (Å²) in [5.74, 6) is 2.22. The highest BCUT2D eigenvalue weighted by Gasteiger charge is 2.15. The van der Waals surface area contributed by atoms with Crippen LogP contribution in [0.25, 0.3) is 0 Å². The standard InChI is InChI=1S/C22H24N4O4S3/c1-14-5-7-15(8-6-14)12-31-21-25-26-22(33-21)32-13-18(27)24-23-11-16-9-10-17(28-2)20(30-4)19(16)29-3/h5-11H,12-13H2,1-4H3,(H,24,27)/b23-11+. The summed E-state index contributed by atoms with van der Waals surface area (Å²) in [6, 6.07) is 11.9. The van der Waals surface area contributed by atoms with Crippen molar-refractivity contribution in [2.45, 2.75) is 21.4 Å². The molecule has 0 aliphatic heterocycles. The fourth-order valence-electron chi connectivity index (χ4n) is 2.70. The number of carbonyl (C=O) groups is 1. The number of aryl methyl sites for hydroxylation is 1. The van der Waals surface area contributed by atoms with Crippen molar-refractivity contribution >= 4 is 47.0 Å². The zero-order valence-electron chi connectivity index (χ0n) is 18.7. The number of aromatic nitrogens is 2. The van der Waals surface area contributed by atoms with Gasteiger partial charge in [0.05, 0.1) is 33.3 Å². The monoisotopic (exact) mass is 504 g/mol. The van der Waals surface area contributed by atoms with Crippen LogP contribution in [0.3, 0.4) is 0 Å². The molecule has 1 amide bonds. The van der Waals surface area contributed by atoms with E-state index in [9.17, 15) is 4.79 Å². The molecule has 0 fully saturated rings. The highest BCUT2D eigenvalue weighted by molar-refractivity contribution is 8.03. The summed E-state index contributed by atoms with van der Waals surface area (Å²) in [6.07, 6.45) is 1.49. The molecule has 8 nitrogen and oxygen atoms in total. The normalized spacial score (nSPS) is 10.9. The van der Waals surface area contributed by atoms with Gasteiger partial charge in [0.15, 0.2) is 20.2 Å². The number of benzene rings is 2. The Labute approximate surface area is 205 Å². The van der Waals surface area contributed by atoms with Crippen LogP contribution < -0.4 is 19.6 Å². The zero-order chi connectivity index (χ0) is 23.6. The largest absolute Gasteiger partial charge is 0.493 e. The lowest BCUT2D eigenvalue weighted by atomic mass is 10.2. The van der Waals surface area contributed by atoms with Gasteiger partial charge in [-0.1, -0.05) is 64.7 Å². The van der Waals surface area contributed by atoms with E-state index in [4.69, 9.17) is 14.2 Å². The van der Waals surface area contributed by atoms with E-state index in [0.717, 1.165) is 14.4 Å². The average Bonchev–Trinajstić information content (AvgIpc) is 3.29. The Morgan fingerprint density at radius 2 is 1.70 bits per heavy atom. The van der Waals surface area contributed by atoms with E-state index < -0.39 is 0 Å². The Balaban J connectivity index is 1.48. The molecule has 11 heteroatoms. The summed E-state index contributed by atoms with van der Waals surface area (Å²) < 4.78 is 17.6. The van der Waals surface area contributed by atoms with Crippen molar-refractivity contribution in [3.8, 4) is 17.2 Å². The topological polar surface area (TPSA) is 94.9 Å². The quantitative estimate of drug-likeness (QED) is 0.233. The molecule has 2 aromatic carbocycles. The molecule has 0 saturated heterocycles. The van der Waals surface area contributed by atoms with Crippen LogP contribution in [0.4, 0.5) is 0 Å². The minimum atomic E-state index is -0.250. The number of hydrazone groups is 1.